The summed E-state index contributed by atoms with van der Waals surface area (Å²) in [7, 11) is 3.49. The Kier molecular flexibility index (Phi) is 10.1. The number of carboxylic acid groups (broad SMARTS) is 1. The van der Waals surface area contributed by atoms with Crippen molar-refractivity contribution in [2.45, 2.75) is 46.8 Å². The molecule has 3 aromatic rings. The van der Waals surface area contributed by atoms with Crippen LogP contribution in [0.4, 0.5) is 5.69 Å². The van der Waals surface area contributed by atoms with E-state index in [1.807, 2.05) is 69.1 Å². The second-order valence-corrected chi connectivity index (χ2v) is 9.14. The van der Waals surface area contributed by atoms with Crippen molar-refractivity contribution in [3.63, 3.8) is 0 Å². The highest BCUT2D eigenvalue weighted by Gasteiger charge is 2.29. The van der Waals surface area contributed by atoms with E-state index < -0.39 is 11.6 Å². The molecule has 0 aliphatic carbocycles. The number of aryl methyl sites for hydroxylation is 3. The summed E-state index contributed by atoms with van der Waals surface area (Å²) in [6.07, 6.45) is 1.66. The number of methoxy groups -OCH3 is 1. The fourth-order valence-corrected chi connectivity index (χ4v) is 3.31. The number of hydrogen-bond acceptors (Lipinski definition) is 6. The van der Waals surface area contributed by atoms with Crippen molar-refractivity contribution in [1.82, 2.24) is 4.90 Å². The molecular weight excluding hydrogens is 460 g/mol. The molecule has 36 heavy (non-hydrogen) atoms. The number of benzene rings is 2. The molecule has 0 fully saturated rings. The van der Waals surface area contributed by atoms with Gasteiger partial charge in [-0.3, -0.25) is 9.69 Å². The van der Waals surface area contributed by atoms with Crippen LogP contribution < -0.4 is 14.8 Å². The quantitative estimate of drug-likeness (QED) is 0.419. The van der Waals surface area contributed by atoms with Crippen LogP contribution in [0.1, 0.15) is 36.3 Å². The minimum atomic E-state index is -1.30. The van der Waals surface area contributed by atoms with E-state index in [0.29, 0.717) is 12.3 Å². The number of anilines is 1. The van der Waals surface area contributed by atoms with Gasteiger partial charge in [0.1, 0.15) is 17.3 Å². The van der Waals surface area contributed by atoms with E-state index in [4.69, 9.17) is 19.0 Å². The van der Waals surface area contributed by atoms with Crippen molar-refractivity contribution < 1.29 is 28.6 Å². The third-order valence-electron chi connectivity index (χ3n) is 5.36. The van der Waals surface area contributed by atoms with Gasteiger partial charge in [0.15, 0.2) is 5.60 Å². The molecule has 0 saturated heterocycles. The Labute approximate surface area is 212 Å². The van der Waals surface area contributed by atoms with Crippen molar-refractivity contribution in [3.05, 3.63) is 77.2 Å². The van der Waals surface area contributed by atoms with E-state index >= 15 is 0 Å². The van der Waals surface area contributed by atoms with Gasteiger partial charge >= 0.3 is 5.97 Å². The van der Waals surface area contributed by atoms with Gasteiger partial charge < -0.3 is 24.3 Å². The summed E-state index contributed by atoms with van der Waals surface area (Å²) in [5.41, 5.74) is 2.36. The molecule has 3 rings (SSSR count). The summed E-state index contributed by atoms with van der Waals surface area (Å²) in [4.78, 5) is 25.5. The van der Waals surface area contributed by atoms with Gasteiger partial charge in [-0.1, -0.05) is 12.1 Å². The Morgan fingerprint density at radius 3 is 2.22 bits per heavy atom. The highest BCUT2D eigenvalue weighted by Crippen LogP contribution is 2.26. The maximum atomic E-state index is 12.4. The minimum Gasteiger partial charge on any atom is -0.496 e. The molecule has 0 unspecified atom stereocenters. The lowest BCUT2D eigenvalue weighted by Gasteiger charge is -2.22. The van der Waals surface area contributed by atoms with Gasteiger partial charge in [-0.05, 0) is 94.8 Å². The number of nitrogens with one attached hydrogen (secondary N) is 1. The van der Waals surface area contributed by atoms with Crippen LogP contribution in [0.2, 0.25) is 0 Å². The molecule has 1 aromatic heterocycles. The summed E-state index contributed by atoms with van der Waals surface area (Å²) in [5.74, 6) is 1.11. The van der Waals surface area contributed by atoms with E-state index in [1.165, 1.54) is 13.8 Å². The van der Waals surface area contributed by atoms with Gasteiger partial charge in [-0.25, -0.2) is 4.79 Å². The van der Waals surface area contributed by atoms with E-state index in [9.17, 15) is 9.59 Å². The van der Waals surface area contributed by atoms with Gasteiger partial charge in [-0.15, -0.1) is 0 Å². The van der Waals surface area contributed by atoms with Gasteiger partial charge in [0, 0.05) is 12.2 Å². The van der Waals surface area contributed by atoms with E-state index in [2.05, 4.69) is 5.32 Å². The maximum absolute atomic E-state index is 12.4. The molecule has 0 aliphatic rings. The summed E-state index contributed by atoms with van der Waals surface area (Å²) >= 11 is 0. The Hall–Kier alpha value is -3.78. The normalized spacial score (nSPS) is 10.9. The molecule has 1 heterocycles. The molecule has 2 N–H and O–H groups in total. The van der Waals surface area contributed by atoms with Crippen LogP contribution in [-0.4, -0.2) is 48.2 Å². The SMILES string of the molecule is COc1cc(C)c(NC(=O)CN(C)Cc2ccc(OC(C)(C)C(=O)O)cc2)cc1C.Cc1ccco1. The van der Waals surface area contributed by atoms with E-state index in [1.54, 1.807) is 25.5 Å². The molecule has 0 atom stereocenters. The Morgan fingerprint density at radius 1 is 1.06 bits per heavy atom. The molecule has 0 aliphatic heterocycles. The second-order valence-electron chi connectivity index (χ2n) is 9.14. The summed E-state index contributed by atoms with van der Waals surface area (Å²) in [6, 6.07) is 14.8. The Morgan fingerprint density at radius 2 is 1.72 bits per heavy atom. The van der Waals surface area contributed by atoms with Crippen molar-refractivity contribution in [1.29, 1.82) is 0 Å². The van der Waals surface area contributed by atoms with Gasteiger partial charge in [0.05, 0.1) is 19.9 Å². The first-order chi connectivity index (χ1) is 16.9. The lowest BCUT2D eigenvalue weighted by atomic mass is 10.1. The molecule has 8 heteroatoms. The fraction of sp³-hybridized carbons (Fsp3) is 0.357. The number of hydrogen-bond donors (Lipinski definition) is 2. The minimum absolute atomic E-state index is 0.103. The van der Waals surface area contributed by atoms with Crippen molar-refractivity contribution >= 4 is 17.6 Å². The van der Waals surface area contributed by atoms with Crippen LogP contribution in [0.5, 0.6) is 11.5 Å². The van der Waals surface area contributed by atoms with Crippen LogP contribution in [0.15, 0.2) is 59.2 Å². The lowest BCUT2D eigenvalue weighted by molar-refractivity contribution is -0.152. The Balaban J connectivity index is 0.000000662. The first kappa shape index (κ1) is 28.5. The van der Waals surface area contributed by atoms with Crippen LogP contribution >= 0.6 is 0 Å². The summed E-state index contributed by atoms with van der Waals surface area (Å²) in [6.45, 7) is 9.58. The maximum Gasteiger partial charge on any atom is 0.347 e. The first-order valence-corrected chi connectivity index (χ1v) is 11.6. The number of ether oxygens (including phenoxy) is 2. The standard InChI is InChI=1S/C23H30N2O5.C5H6O/c1-15-12-20(29-6)16(2)11-19(15)24-21(26)14-25(5)13-17-7-9-18(10-8-17)30-23(3,4)22(27)28;1-5-3-2-4-6-5/h7-12H,13-14H2,1-6H3,(H,24,26)(H,27,28);2-4H,1H3. The zero-order chi connectivity index (χ0) is 26.9. The lowest BCUT2D eigenvalue weighted by Crippen LogP contribution is -2.37. The number of likely N-dealkylation sites (N-methyl/N-ethyl adjacent to an activating group) is 1. The highest BCUT2D eigenvalue weighted by atomic mass is 16.5. The predicted molar refractivity (Wildman–Crippen MR) is 140 cm³/mol. The van der Waals surface area contributed by atoms with Crippen LogP contribution in [0, 0.1) is 20.8 Å². The number of carbonyl (C=O) groups is 2. The largest absolute Gasteiger partial charge is 0.496 e. The van der Waals surface area contributed by atoms with Crippen molar-refractivity contribution in [2.75, 3.05) is 26.0 Å². The van der Waals surface area contributed by atoms with E-state index in [-0.39, 0.29) is 12.5 Å². The van der Waals surface area contributed by atoms with E-state index in [0.717, 1.165) is 33.9 Å². The summed E-state index contributed by atoms with van der Waals surface area (Å²) < 4.78 is 15.6. The van der Waals surface area contributed by atoms with Crippen molar-refractivity contribution in [2.24, 2.45) is 0 Å². The van der Waals surface area contributed by atoms with Gasteiger partial charge in [0.2, 0.25) is 5.91 Å². The zero-order valence-electron chi connectivity index (χ0n) is 22.0. The number of rotatable bonds is 9. The molecule has 0 spiro atoms. The molecule has 1 amide bonds. The summed E-state index contributed by atoms with van der Waals surface area (Å²) in [5, 5.41) is 12.1. The predicted octanol–water partition coefficient (Wildman–Crippen LogP) is 5.21. The second kappa shape index (κ2) is 12.8. The molecule has 8 nitrogen and oxygen atoms in total. The molecule has 194 valence electrons. The first-order valence-electron chi connectivity index (χ1n) is 11.6. The average Bonchev–Trinajstić information content (AvgIpc) is 3.28. The number of furan rings is 1. The third-order valence-corrected chi connectivity index (χ3v) is 5.36. The number of nitrogens with zero attached hydrogens (tertiary/aromatic N) is 1. The molecule has 0 radical (unpaired) electrons. The molecule has 2 aromatic carbocycles. The fourth-order valence-electron chi connectivity index (χ4n) is 3.31. The highest BCUT2D eigenvalue weighted by molar-refractivity contribution is 5.93. The molecule has 0 saturated carbocycles. The number of carbonyl (C=O) groups excluding carboxylic acids is 1. The molecular formula is C28H36N2O6. The third kappa shape index (κ3) is 8.78. The smallest absolute Gasteiger partial charge is 0.347 e. The van der Waals surface area contributed by atoms with Gasteiger partial charge in [0.25, 0.3) is 0 Å². The Bertz CT molecular complexity index is 1140. The number of amides is 1. The average molecular weight is 497 g/mol. The molecule has 0 bridgehead atoms. The van der Waals surface area contributed by atoms with Crippen LogP contribution in [0.25, 0.3) is 0 Å². The van der Waals surface area contributed by atoms with Crippen LogP contribution in [0.3, 0.4) is 0 Å². The van der Waals surface area contributed by atoms with Crippen LogP contribution in [-0.2, 0) is 16.1 Å². The van der Waals surface area contributed by atoms with Crippen molar-refractivity contribution in [3.8, 4) is 11.5 Å². The number of aliphatic carboxylic acids is 1. The monoisotopic (exact) mass is 496 g/mol. The zero-order valence-corrected chi connectivity index (χ0v) is 22.0. The topological polar surface area (TPSA) is 101 Å². The van der Waals surface area contributed by atoms with Gasteiger partial charge in [-0.2, -0.15) is 0 Å². The number of carboxylic acids is 1.